The summed E-state index contributed by atoms with van der Waals surface area (Å²) in [6.07, 6.45) is 1.98. The molecule has 86 valence electrons. The van der Waals surface area contributed by atoms with Crippen LogP contribution in [0.4, 0.5) is 11.4 Å². The minimum Gasteiger partial charge on any atom is -0.379 e. The molecule has 1 saturated heterocycles. The summed E-state index contributed by atoms with van der Waals surface area (Å²) in [6.45, 7) is 1.22. The van der Waals surface area contributed by atoms with E-state index in [1.54, 1.807) is 0 Å². The van der Waals surface area contributed by atoms with E-state index in [1.165, 1.54) is 6.07 Å². The first-order valence-corrected chi connectivity index (χ1v) is 5.19. The van der Waals surface area contributed by atoms with Gasteiger partial charge in [-0.05, 0) is 6.42 Å². The lowest BCUT2D eigenvalue weighted by Crippen LogP contribution is -2.19. The third-order valence-electron chi connectivity index (χ3n) is 2.34. The molecule has 7 heteroatoms. The summed E-state index contributed by atoms with van der Waals surface area (Å²) >= 11 is 5.70. The second kappa shape index (κ2) is 4.63. The largest absolute Gasteiger partial charge is 0.379 e. The van der Waals surface area contributed by atoms with Crippen molar-refractivity contribution in [1.29, 1.82) is 0 Å². The molecule has 1 aliphatic heterocycles. The van der Waals surface area contributed by atoms with Gasteiger partial charge >= 0.3 is 5.69 Å². The predicted molar refractivity (Wildman–Crippen MR) is 58.7 cm³/mol. The number of aromatic nitrogens is 1. The van der Waals surface area contributed by atoms with Gasteiger partial charge < -0.3 is 10.1 Å². The van der Waals surface area contributed by atoms with Crippen molar-refractivity contribution in [2.24, 2.45) is 0 Å². The van der Waals surface area contributed by atoms with Gasteiger partial charge in [-0.25, -0.2) is 4.98 Å². The SMILES string of the molecule is O=[N+]([O-])c1cnc(Cl)cc1NC1CCOC1. The van der Waals surface area contributed by atoms with Crippen LogP contribution in [0.3, 0.4) is 0 Å². The number of anilines is 1. The molecule has 2 rings (SSSR count). The van der Waals surface area contributed by atoms with E-state index in [9.17, 15) is 10.1 Å². The van der Waals surface area contributed by atoms with Crippen molar-refractivity contribution in [3.8, 4) is 0 Å². The van der Waals surface area contributed by atoms with Gasteiger partial charge in [0, 0.05) is 12.7 Å². The normalized spacial score (nSPS) is 19.7. The molecule has 2 heterocycles. The topological polar surface area (TPSA) is 77.3 Å². The Kier molecular flexibility index (Phi) is 3.21. The van der Waals surface area contributed by atoms with Gasteiger partial charge in [0.05, 0.1) is 17.6 Å². The highest BCUT2D eigenvalue weighted by Crippen LogP contribution is 2.27. The summed E-state index contributed by atoms with van der Waals surface area (Å²) in [5, 5.41) is 14.0. The van der Waals surface area contributed by atoms with Crippen molar-refractivity contribution in [2.45, 2.75) is 12.5 Å². The molecular formula is C9H10ClN3O3. The monoisotopic (exact) mass is 243 g/mol. The number of rotatable bonds is 3. The molecule has 1 unspecified atom stereocenters. The van der Waals surface area contributed by atoms with Gasteiger partial charge in [0.15, 0.2) is 0 Å². The van der Waals surface area contributed by atoms with Gasteiger partial charge in [0.2, 0.25) is 0 Å². The average molecular weight is 244 g/mol. The van der Waals surface area contributed by atoms with Gasteiger partial charge in [0.1, 0.15) is 17.0 Å². The summed E-state index contributed by atoms with van der Waals surface area (Å²) in [5.41, 5.74) is 0.316. The smallest absolute Gasteiger partial charge is 0.310 e. The minimum absolute atomic E-state index is 0.0729. The Morgan fingerprint density at radius 1 is 1.69 bits per heavy atom. The van der Waals surface area contributed by atoms with Gasteiger partial charge in [-0.1, -0.05) is 11.6 Å². The van der Waals surface area contributed by atoms with Crippen LogP contribution in [-0.4, -0.2) is 29.2 Å². The fourth-order valence-electron chi connectivity index (χ4n) is 1.55. The van der Waals surface area contributed by atoms with E-state index in [0.717, 1.165) is 12.6 Å². The van der Waals surface area contributed by atoms with Crippen molar-refractivity contribution in [3.63, 3.8) is 0 Å². The molecule has 0 bridgehead atoms. The van der Waals surface area contributed by atoms with Crippen molar-refractivity contribution in [1.82, 2.24) is 4.98 Å². The Bertz CT molecular complexity index is 407. The average Bonchev–Trinajstić information content (AvgIpc) is 2.70. The van der Waals surface area contributed by atoms with Crippen molar-refractivity contribution in [2.75, 3.05) is 18.5 Å². The molecule has 0 aliphatic carbocycles. The van der Waals surface area contributed by atoms with Gasteiger partial charge in [0.25, 0.3) is 0 Å². The molecule has 0 saturated carbocycles. The molecule has 6 nitrogen and oxygen atoms in total. The van der Waals surface area contributed by atoms with E-state index in [-0.39, 0.29) is 16.9 Å². The van der Waals surface area contributed by atoms with E-state index in [2.05, 4.69) is 10.3 Å². The number of nitrogens with one attached hydrogen (secondary N) is 1. The van der Waals surface area contributed by atoms with E-state index in [4.69, 9.17) is 16.3 Å². The Morgan fingerprint density at radius 3 is 3.12 bits per heavy atom. The molecule has 1 atom stereocenters. The van der Waals surface area contributed by atoms with Gasteiger partial charge in [-0.2, -0.15) is 0 Å². The number of pyridine rings is 1. The lowest BCUT2D eigenvalue weighted by Gasteiger charge is -2.11. The molecule has 1 aliphatic rings. The molecule has 0 aromatic carbocycles. The van der Waals surface area contributed by atoms with Crippen LogP contribution >= 0.6 is 11.6 Å². The van der Waals surface area contributed by atoms with Crippen LogP contribution in [0.15, 0.2) is 12.3 Å². The number of nitrogens with zero attached hydrogens (tertiary/aromatic N) is 2. The molecule has 0 radical (unpaired) electrons. The zero-order valence-corrected chi connectivity index (χ0v) is 9.11. The maximum absolute atomic E-state index is 10.8. The molecule has 1 fully saturated rings. The maximum atomic E-state index is 10.8. The van der Waals surface area contributed by atoms with Crippen LogP contribution in [0.1, 0.15) is 6.42 Å². The van der Waals surface area contributed by atoms with Crippen LogP contribution in [0, 0.1) is 10.1 Å². The minimum atomic E-state index is -0.485. The number of ether oxygens (including phenoxy) is 1. The standard InChI is InChI=1S/C9H10ClN3O3/c10-9-3-7(8(4-11-9)13(14)15)12-6-1-2-16-5-6/h3-4,6H,1-2,5H2,(H,11,12). The van der Waals surface area contributed by atoms with Gasteiger partial charge in [-0.3, -0.25) is 10.1 Å². The Hall–Kier alpha value is -1.40. The number of hydrogen-bond acceptors (Lipinski definition) is 5. The molecular weight excluding hydrogens is 234 g/mol. The van der Waals surface area contributed by atoms with Crippen LogP contribution in [0.5, 0.6) is 0 Å². The summed E-state index contributed by atoms with van der Waals surface area (Å²) in [4.78, 5) is 14.0. The molecule has 1 aromatic rings. The van der Waals surface area contributed by atoms with Crippen LogP contribution < -0.4 is 5.32 Å². The fraction of sp³-hybridized carbons (Fsp3) is 0.444. The number of nitro groups is 1. The Labute approximate surface area is 96.7 Å². The summed E-state index contributed by atoms with van der Waals surface area (Å²) in [5.74, 6) is 0. The van der Waals surface area contributed by atoms with Crippen LogP contribution in [0.25, 0.3) is 0 Å². The lowest BCUT2D eigenvalue weighted by molar-refractivity contribution is -0.384. The highest BCUT2D eigenvalue weighted by molar-refractivity contribution is 6.29. The van der Waals surface area contributed by atoms with E-state index in [0.29, 0.717) is 18.9 Å². The van der Waals surface area contributed by atoms with Crippen molar-refractivity contribution >= 4 is 23.0 Å². The van der Waals surface area contributed by atoms with Crippen molar-refractivity contribution < 1.29 is 9.66 Å². The van der Waals surface area contributed by atoms with E-state index in [1.807, 2.05) is 0 Å². The highest BCUT2D eigenvalue weighted by atomic mass is 35.5. The Morgan fingerprint density at radius 2 is 2.50 bits per heavy atom. The molecule has 0 amide bonds. The third kappa shape index (κ3) is 2.40. The third-order valence-corrected chi connectivity index (χ3v) is 2.54. The zero-order valence-electron chi connectivity index (χ0n) is 8.35. The van der Waals surface area contributed by atoms with Crippen LogP contribution in [-0.2, 0) is 4.74 Å². The highest BCUT2D eigenvalue weighted by Gasteiger charge is 2.21. The second-order valence-electron chi connectivity index (χ2n) is 3.49. The molecule has 16 heavy (non-hydrogen) atoms. The summed E-state index contributed by atoms with van der Waals surface area (Å²) < 4.78 is 5.18. The first-order chi connectivity index (χ1) is 7.66. The van der Waals surface area contributed by atoms with E-state index < -0.39 is 4.92 Å². The lowest BCUT2D eigenvalue weighted by atomic mass is 10.2. The van der Waals surface area contributed by atoms with Crippen molar-refractivity contribution in [3.05, 3.63) is 27.5 Å². The maximum Gasteiger partial charge on any atom is 0.310 e. The fourth-order valence-corrected chi connectivity index (χ4v) is 1.71. The van der Waals surface area contributed by atoms with Crippen LogP contribution in [0.2, 0.25) is 5.15 Å². The summed E-state index contributed by atoms with van der Waals surface area (Å²) in [7, 11) is 0. The quantitative estimate of drug-likeness (QED) is 0.498. The zero-order chi connectivity index (χ0) is 11.5. The number of halogens is 1. The first-order valence-electron chi connectivity index (χ1n) is 4.81. The summed E-state index contributed by atoms with van der Waals surface area (Å²) in [6, 6.07) is 1.55. The molecule has 1 aromatic heterocycles. The molecule has 1 N–H and O–H groups in total. The van der Waals surface area contributed by atoms with E-state index >= 15 is 0 Å². The first kappa shape index (κ1) is 11.1. The number of hydrogen-bond donors (Lipinski definition) is 1. The van der Waals surface area contributed by atoms with Gasteiger partial charge in [-0.15, -0.1) is 0 Å². The molecule has 0 spiro atoms. The Balaban J connectivity index is 2.22. The second-order valence-corrected chi connectivity index (χ2v) is 3.87. The predicted octanol–water partition coefficient (Wildman–Crippen LogP) is 1.84.